The number of hydrogen-bond donors (Lipinski definition) is 0. The number of benzene rings is 6. The number of fused-ring (bicyclic) bond motifs is 11. The highest BCUT2D eigenvalue weighted by atomic mass is 32.2. The molecule has 8 aromatic rings. The van der Waals surface area contributed by atoms with E-state index in [1.807, 2.05) is 11.8 Å². The Morgan fingerprint density at radius 2 is 1.15 bits per heavy atom. The summed E-state index contributed by atoms with van der Waals surface area (Å²) in [6.45, 7) is 0.241. The van der Waals surface area contributed by atoms with E-state index in [1.165, 1.54) is 81.2 Å². The summed E-state index contributed by atoms with van der Waals surface area (Å²) in [6.07, 6.45) is 0. The van der Waals surface area contributed by atoms with E-state index in [4.69, 9.17) is 0 Å². The molecule has 0 saturated heterocycles. The maximum atomic E-state index is 2.55. The molecular formula is C36H21BN2S. The third kappa shape index (κ3) is 2.49. The zero-order valence-electron chi connectivity index (χ0n) is 21.5. The predicted molar refractivity (Wildman–Crippen MR) is 170 cm³/mol. The Hall–Kier alpha value is -4.67. The first kappa shape index (κ1) is 21.2. The summed E-state index contributed by atoms with van der Waals surface area (Å²) >= 11 is 1.91. The monoisotopic (exact) mass is 524 g/mol. The molecular weight excluding hydrogens is 503 g/mol. The van der Waals surface area contributed by atoms with Crippen molar-refractivity contribution in [3.05, 3.63) is 127 Å². The number of rotatable bonds is 1. The van der Waals surface area contributed by atoms with Gasteiger partial charge < -0.3 is 9.13 Å². The Balaban J connectivity index is 1.43. The van der Waals surface area contributed by atoms with Crippen LogP contribution >= 0.6 is 11.8 Å². The van der Waals surface area contributed by atoms with Gasteiger partial charge in [0, 0.05) is 48.2 Å². The van der Waals surface area contributed by atoms with Crippen LogP contribution in [0.2, 0.25) is 0 Å². The first-order valence-electron chi connectivity index (χ1n) is 13.8. The summed E-state index contributed by atoms with van der Waals surface area (Å²) < 4.78 is 4.98. The molecule has 2 aliphatic heterocycles. The lowest BCUT2D eigenvalue weighted by atomic mass is 9.35. The Labute approximate surface area is 235 Å². The Bertz CT molecular complexity index is 2360. The van der Waals surface area contributed by atoms with Crippen LogP contribution in [0.5, 0.6) is 0 Å². The van der Waals surface area contributed by atoms with Gasteiger partial charge >= 0.3 is 0 Å². The second kappa shape index (κ2) is 7.50. The molecule has 184 valence electrons. The highest BCUT2D eigenvalue weighted by Crippen LogP contribution is 2.43. The van der Waals surface area contributed by atoms with Crippen LogP contribution in [-0.4, -0.2) is 15.8 Å². The zero-order valence-corrected chi connectivity index (χ0v) is 22.3. The van der Waals surface area contributed by atoms with Crippen LogP contribution in [0.3, 0.4) is 0 Å². The molecule has 0 fully saturated rings. The normalized spacial score (nSPS) is 13.3. The maximum Gasteiger partial charge on any atom is 0.249 e. The summed E-state index contributed by atoms with van der Waals surface area (Å²) in [5.41, 5.74) is 11.9. The minimum absolute atomic E-state index is 0.241. The van der Waals surface area contributed by atoms with E-state index in [-0.39, 0.29) is 6.71 Å². The molecule has 0 saturated carbocycles. The minimum atomic E-state index is 0.241. The van der Waals surface area contributed by atoms with Crippen LogP contribution in [0.25, 0.3) is 55.0 Å². The van der Waals surface area contributed by atoms with Crippen molar-refractivity contribution in [2.75, 3.05) is 0 Å². The topological polar surface area (TPSA) is 9.86 Å². The number of hydrogen-bond acceptors (Lipinski definition) is 1. The number of aromatic nitrogens is 2. The van der Waals surface area contributed by atoms with Crippen LogP contribution in [0.4, 0.5) is 0 Å². The molecule has 40 heavy (non-hydrogen) atoms. The van der Waals surface area contributed by atoms with Gasteiger partial charge in [0.25, 0.3) is 0 Å². The van der Waals surface area contributed by atoms with Crippen LogP contribution < -0.4 is 16.4 Å². The Kier molecular flexibility index (Phi) is 3.97. The average Bonchev–Trinajstić information content (AvgIpc) is 3.53. The van der Waals surface area contributed by atoms with Crippen molar-refractivity contribution in [1.29, 1.82) is 0 Å². The van der Waals surface area contributed by atoms with Gasteiger partial charge in [0.05, 0.1) is 16.6 Å². The standard InChI is InChI=1S/C36H21BN2S/c1-2-10-22(11-3-1)38-27-16-6-4-12-23(27)33-28(38)20-21-29-34(33)24-13-8-15-26-36(24)39(29)30-17-9-19-32-35(30)37(26)25-14-5-7-18-31(25)40-32/h1-21H. The molecule has 0 N–H and O–H groups in total. The molecule has 2 aromatic heterocycles. The van der Waals surface area contributed by atoms with Gasteiger partial charge in [-0.1, -0.05) is 96.1 Å². The summed E-state index contributed by atoms with van der Waals surface area (Å²) in [4.78, 5) is 2.74. The van der Waals surface area contributed by atoms with E-state index >= 15 is 0 Å². The Morgan fingerprint density at radius 3 is 2.08 bits per heavy atom. The van der Waals surface area contributed by atoms with Gasteiger partial charge in [0.15, 0.2) is 0 Å². The second-order valence-corrected chi connectivity index (χ2v) is 12.0. The van der Waals surface area contributed by atoms with Gasteiger partial charge in [0.2, 0.25) is 6.71 Å². The molecule has 2 aliphatic rings. The SMILES string of the molecule is c1ccc(-n2c3ccccc3c3c4c5cccc6c5n(c4ccc32)-c2cccc3c2B6c2ccccc2S3)cc1. The van der Waals surface area contributed by atoms with Crippen LogP contribution in [0, 0.1) is 0 Å². The van der Waals surface area contributed by atoms with Crippen molar-refractivity contribution < 1.29 is 0 Å². The molecule has 4 heterocycles. The zero-order chi connectivity index (χ0) is 25.9. The van der Waals surface area contributed by atoms with E-state index in [1.54, 1.807) is 0 Å². The van der Waals surface area contributed by atoms with Crippen LogP contribution in [0.1, 0.15) is 0 Å². The molecule has 4 heteroatoms. The molecule has 0 bridgehead atoms. The lowest BCUT2D eigenvalue weighted by Gasteiger charge is -2.33. The molecule has 0 atom stereocenters. The summed E-state index contributed by atoms with van der Waals surface area (Å²) in [6, 6.07) is 47.1. The fourth-order valence-electron chi connectivity index (χ4n) is 7.50. The van der Waals surface area contributed by atoms with Gasteiger partial charge in [-0.05, 0) is 59.5 Å². The van der Waals surface area contributed by atoms with Crippen molar-refractivity contribution in [1.82, 2.24) is 9.13 Å². The van der Waals surface area contributed by atoms with Crippen molar-refractivity contribution in [2.24, 2.45) is 0 Å². The van der Waals surface area contributed by atoms with Gasteiger partial charge in [0.1, 0.15) is 0 Å². The van der Waals surface area contributed by atoms with Gasteiger partial charge in [-0.2, -0.15) is 0 Å². The van der Waals surface area contributed by atoms with Gasteiger partial charge in [-0.3, -0.25) is 0 Å². The molecule has 2 nitrogen and oxygen atoms in total. The van der Waals surface area contributed by atoms with E-state index in [0.29, 0.717) is 0 Å². The molecule has 0 radical (unpaired) electrons. The molecule has 0 aliphatic carbocycles. The summed E-state index contributed by atoms with van der Waals surface area (Å²) in [7, 11) is 0. The summed E-state index contributed by atoms with van der Waals surface area (Å²) in [5.74, 6) is 0. The largest absolute Gasteiger partial charge is 0.310 e. The van der Waals surface area contributed by atoms with Crippen LogP contribution in [-0.2, 0) is 0 Å². The quantitative estimate of drug-likeness (QED) is 0.207. The van der Waals surface area contributed by atoms with Gasteiger partial charge in [-0.25, -0.2) is 0 Å². The van der Waals surface area contributed by atoms with E-state index in [2.05, 4.69) is 137 Å². The predicted octanol–water partition coefficient (Wildman–Crippen LogP) is 7.18. The molecule has 0 amide bonds. The maximum absolute atomic E-state index is 2.55. The van der Waals surface area contributed by atoms with Crippen molar-refractivity contribution in [3.8, 4) is 11.4 Å². The number of nitrogens with zero attached hydrogens (tertiary/aromatic N) is 2. The Morgan fingerprint density at radius 1 is 0.475 bits per heavy atom. The minimum Gasteiger partial charge on any atom is -0.310 e. The van der Waals surface area contributed by atoms with Crippen molar-refractivity contribution in [2.45, 2.75) is 9.79 Å². The molecule has 6 aromatic carbocycles. The first-order valence-corrected chi connectivity index (χ1v) is 14.6. The lowest BCUT2D eigenvalue weighted by molar-refractivity contribution is 1.17. The van der Waals surface area contributed by atoms with Crippen molar-refractivity contribution in [3.63, 3.8) is 0 Å². The van der Waals surface area contributed by atoms with E-state index in [9.17, 15) is 0 Å². The fourth-order valence-corrected chi connectivity index (χ4v) is 8.66. The molecule has 10 rings (SSSR count). The third-order valence-corrected chi connectivity index (χ3v) is 10.1. The number of para-hydroxylation sites is 3. The van der Waals surface area contributed by atoms with E-state index < -0.39 is 0 Å². The van der Waals surface area contributed by atoms with Crippen molar-refractivity contribution >= 4 is 78.5 Å². The third-order valence-electron chi connectivity index (χ3n) is 8.97. The van der Waals surface area contributed by atoms with Gasteiger partial charge in [-0.15, -0.1) is 0 Å². The summed E-state index contributed by atoms with van der Waals surface area (Å²) in [5, 5.41) is 5.31. The highest BCUT2D eigenvalue weighted by molar-refractivity contribution is 8.00. The second-order valence-electron chi connectivity index (χ2n) is 10.9. The molecule has 0 unspecified atom stereocenters. The fraction of sp³-hybridized carbons (Fsp3) is 0. The highest BCUT2D eigenvalue weighted by Gasteiger charge is 2.39. The lowest BCUT2D eigenvalue weighted by Crippen LogP contribution is -2.58. The molecule has 0 spiro atoms. The van der Waals surface area contributed by atoms with Crippen LogP contribution in [0.15, 0.2) is 137 Å². The smallest absolute Gasteiger partial charge is 0.249 e. The van der Waals surface area contributed by atoms with E-state index in [0.717, 1.165) is 0 Å². The average molecular weight is 524 g/mol. The first-order chi connectivity index (χ1) is 19.9.